The molecule has 10 nitrogen and oxygen atoms in total. The molecule has 0 spiro atoms. The van der Waals surface area contributed by atoms with Crippen molar-refractivity contribution in [3.8, 4) is 0 Å². The Bertz CT molecular complexity index is 1620. The van der Waals surface area contributed by atoms with Crippen LogP contribution in [0.3, 0.4) is 0 Å². The van der Waals surface area contributed by atoms with Crippen molar-refractivity contribution < 1.29 is 23.9 Å². The molecule has 3 heterocycles. The van der Waals surface area contributed by atoms with Crippen molar-refractivity contribution in [3.63, 3.8) is 0 Å². The summed E-state index contributed by atoms with van der Waals surface area (Å²) < 4.78 is 5.62. The molecule has 2 atom stereocenters. The summed E-state index contributed by atoms with van der Waals surface area (Å²) in [5, 5.41) is 2.85. The minimum Gasteiger partial charge on any atom is -0.473 e. The highest BCUT2D eigenvalue weighted by atomic mass is 16.5. The molecular weight excluding hydrogens is 570 g/mol. The van der Waals surface area contributed by atoms with E-state index >= 15 is 0 Å². The van der Waals surface area contributed by atoms with E-state index in [1.165, 1.54) is 16.0 Å². The molecule has 3 amide bonds. The standard InChI is InChI=1S/C35H37N5O5/c1-23(2)30-34(44)39(28(25-15-9-6-10-16-25)20-40(30)33(43)26-17-11-12-18-36-26)21-29(41)37-27(19-24-13-7-5-8-14-24)31(42)32-38-35(3,4)22-45-32/h5-18,20,23,27,30H,19,21-22H2,1-4H3,(H,37,41)/t27-,30-/m0/s1. The normalized spacial score (nSPS) is 18.2. The molecule has 3 aromatic rings. The van der Waals surface area contributed by atoms with E-state index in [4.69, 9.17) is 4.74 Å². The lowest BCUT2D eigenvalue weighted by molar-refractivity contribution is -0.138. The Labute approximate surface area is 262 Å². The number of carbonyl (C=O) groups is 4. The highest BCUT2D eigenvalue weighted by Crippen LogP contribution is 2.31. The number of ketones is 1. The van der Waals surface area contributed by atoms with Gasteiger partial charge in [-0.2, -0.15) is 0 Å². The molecule has 0 unspecified atom stereocenters. The van der Waals surface area contributed by atoms with Crippen LogP contribution in [-0.2, 0) is 25.5 Å². The number of pyridine rings is 1. The first-order valence-electron chi connectivity index (χ1n) is 15.0. The number of carbonyl (C=O) groups excluding carboxylic acids is 4. The molecule has 2 aliphatic heterocycles. The quantitative estimate of drug-likeness (QED) is 0.373. The number of aliphatic imine (C=N–C) groups is 1. The van der Waals surface area contributed by atoms with Gasteiger partial charge in [0.15, 0.2) is 0 Å². The monoisotopic (exact) mass is 607 g/mol. The zero-order chi connectivity index (χ0) is 32.1. The summed E-state index contributed by atoms with van der Waals surface area (Å²) in [6.45, 7) is 7.32. The van der Waals surface area contributed by atoms with Gasteiger partial charge in [0.1, 0.15) is 30.9 Å². The topological polar surface area (TPSA) is 121 Å². The Morgan fingerprint density at radius 1 is 0.978 bits per heavy atom. The minimum atomic E-state index is -0.972. The summed E-state index contributed by atoms with van der Waals surface area (Å²) in [5.74, 6) is -2.12. The number of amides is 3. The van der Waals surface area contributed by atoms with Crippen LogP contribution in [0.5, 0.6) is 0 Å². The van der Waals surface area contributed by atoms with Crippen LogP contribution in [0.1, 0.15) is 49.3 Å². The van der Waals surface area contributed by atoms with Gasteiger partial charge in [-0.05, 0) is 43.0 Å². The molecule has 0 bridgehead atoms. The molecule has 1 N–H and O–H groups in total. The molecule has 45 heavy (non-hydrogen) atoms. The Morgan fingerprint density at radius 3 is 2.24 bits per heavy atom. The Hall–Kier alpha value is -5.12. The lowest BCUT2D eigenvalue weighted by Crippen LogP contribution is -2.57. The smallest absolute Gasteiger partial charge is 0.277 e. The lowest BCUT2D eigenvalue weighted by atomic mass is 9.96. The molecular formula is C35H37N5O5. The average Bonchev–Trinajstić information content (AvgIpc) is 3.41. The van der Waals surface area contributed by atoms with Crippen LogP contribution < -0.4 is 5.32 Å². The first-order valence-corrected chi connectivity index (χ1v) is 15.0. The second kappa shape index (κ2) is 13.3. The number of hydrogen-bond donors (Lipinski definition) is 1. The SMILES string of the molecule is CC(C)[C@H]1C(=O)N(CC(=O)N[C@@H](Cc2ccccc2)C(=O)C2=NC(C)(C)CO2)C(c2ccccc2)=CN1C(=O)c1ccccn1. The van der Waals surface area contributed by atoms with Gasteiger partial charge in [-0.3, -0.25) is 34.0 Å². The van der Waals surface area contributed by atoms with Crippen molar-refractivity contribution in [1.29, 1.82) is 0 Å². The fourth-order valence-corrected chi connectivity index (χ4v) is 5.40. The number of nitrogens with one attached hydrogen (secondary N) is 1. The van der Waals surface area contributed by atoms with E-state index in [2.05, 4.69) is 15.3 Å². The van der Waals surface area contributed by atoms with Crippen molar-refractivity contribution in [2.24, 2.45) is 10.9 Å². The third-order valence-corrected chi connectivity index (χ3v) is 7.60. The summed E-state index contributed by atoms with van der Waals surface area (Å²) in [6, 6.07) is 21.6. The fourth-order valence-electron chi connectivity index (χ4n) is 5.40. The Kier molecular flexibility index (Phi) is 9.22. The number of hydrogen-bond acceptors (Lipinski definition) is 7. The summed E-state index contributed by atoms with van der Waals surface area (Å²) in [7, 11) is 0. The van der Waals surface area contributed by atoms with Crippen molar-refractivity contribution >= 4 is 35.1 Å². The molecule has 10 heteroatoms. The van der Waals surface area contributed by atoms with E-state index in [1.807, 2.05) is 88.4 Å². The summed E-state index contributed by atoms with van der Waals surface area (Å²) >= 11 is 0. The molecule has 0 fully saturated rings. The van der Waals surface area contributed by atoms with E-state index in [1.54, 1.807) is 24.4 Å². The zero-order valence-corrected chi connectivity index (χ0v) is 25.8. The molecule has 2 aliphatic rings. The molecule has 5 rings (SSSR count). The fraction of sp³-hybridized carbons (Fsp3) is 0.314. The maximum atomic E-state index is 14.2. The van der Waals surface area contributed by atoms with Gasteiger partial charge in [-0.25, -0.2) is 4.99 Å². The minimum absolute atomic E-state index is 0.0244. The predicted molar refractivity (Wildman–Crippen MR) is 170 cm³/mol. The molecule has 232 valence electrons. The second-order valence-electron chi connectivity index (χ2n) is 12.1. The maximum Gasteiger partial charge on any atom is 0.277 e. The van der Waals surface area contributed by atoms with Crippen molar-refractivity contribution in [3.05, 3.63) is 108 Å². The van der Waals surface area contributed by atoms with E-state index in [9.17, 15) is 19.2 Å². The van der Waals surface area contributed by atoms with Gasteiger partial charge in [-0.1, -0.05) is 80.6 Å². The third-order valence-electron chi connectivity index (χ3n) is 7.60. The molecule has 2 aromatic carbocycles. The molecule has 1 aromatic heterocycles. The lowest BCUT2D eigenvalue weighted by Gasteiger charge is -2.41. The molecule has 0 saturated heterocycles. The summed E-state index contributed by atoms with van der Waals surface area (Å²) in [5.41, 5.74) is 1.53. The third kappa shape index (κ3) is 7.17. The van der Waals surface area contributed by atoms with Crippen LogP contribution in [0.4, 0.5) is 0 Å². The Morgan fingerprint density at radius 2 is 1.64 bits per heavy atom. The van der Waals surface area contributed by atoms with Crippen LogP contribution >= 0.6 is 0 Å². The maximum absolute atomic E-state index is 14.2. The van der Waals surface area contributed by atoms with Crippen LogP contribution in [0.25, 0.3) is 5.70 Å². The van der Waals surface area contributed by atoms with Gasteiger partial charge < -0.3 is 10.1 Å². The van der Waals surface area contributed by atoms with E-state index in [-0.39, 0.29) is 37.1 Å². The zero-order valence-electron chi connectivity index (χ0n) is 25.8. The van der Waals surface area contributed by atoms with E-state index in [0.717, 1.165) is 5.56 Å². The highest BCUT2D eigenvalue weighted by molar-refractivity contribution is 6.39. The molecule has 0 radical (unpaired) electrons. The van der Waals surface area contributed by atoms with Crippen molar-refractivity contribution in [1.82, 2.24) is 20.1 Å². The van der Waals surface area contributed by atoms with Crippen molar-refractivity contribution in [2.45, 2.75) is 51.7 Å². The number of rotatable bonds is 10. The second-order valence-corrected chi connectivity index (χ2v) is 12.1. The van der Waals surface area contributed by atoms with Gasteiger partial charge in [0.25, 0.3) is 17.7 Å². The first kappa shape index (κ1) is 31.3. The van der Waals surface area contributed by atoms with Crippen molar-refractivity contribution in [2.75, 3.05) is 13.2 Å². The molecule has 0 aliphatic carbocycles. The summed E-state index contributed by atoms with van der Waals surface area (Å²) in [4.78, 5) is 66.6. The van der Waals surface area contributed by atoms with Gasteiger partial charge in [-0.15, -0.1) is 0 Å². The average molecular weight is 608 g/mol. The number of ether oxygens (including phenoxy) is 1. The van der Waals surface area contributed by atoms with Crippen LogP contribution in [-0.4, -0.2) is 75.0 Å². The van der Waals surface area contributed by atoms with Crippen LogP contribution in [0, 0.1) is 5.92 Å². The van der Waals surface area contributed by atoms with Crippen LogP contribution in [0.2, 0.25) is 0 Å². The van der Waals surface area contributed by atoms with Gasteiger partial charge >= 0.3 is 0 Å². The Balaban J connectivity index is 1.47. The van der Waals surface area contributed by atoms with Gasteiger partial charge in [0, 0.05) is 18.8 Å². The van der Waals surface area contributed by atoms with E-state index in [0.29, 0.717) is 11.3 Å². The number of benzene rings is 2. The first-order chi connectivity index (χ1) is 21.5. The summed E-state index contributed by atoms with van der Waals surface area (Å²) in [6.07, 6.45) is 3.35. The van der Waals surface area contributed by atoms with Gasteiger partial charge in [0.2, 0.25) is 11.7 Å². The van der Waals surface area contributed by atoms with Crippen LogP contribution in [0.15, 0.2) is 96.3 Å². The highest BCUT2D eigenvalue weighted by Gasteiger charge is 2.42. The van der Waals surface area contributed by atoms with Gasteiger partial charge in [0.05, 0.1) is 11.2 Å². The number of Topliss-reactive ketones (excluding diaryl/α,β-unsaturated/α-hetero) is 1. The predicted octanol–water partition coefficient (Wildman–Crippen LogP) is 3.89. The van der Waals surface area contributed by atoms with E-state index < -0.39 is 41.1 Å². The molecule has 0 saturated carbocycles. The number of aromatic nitrogens is 1. The number of nitrogens with zero attached hydrogens (tertiary/aromatic N) is 4. The largest absolute Gasteiger partial charge is 0.473 e.